The van der Waals surface area contributed by atoms with E-state index in [9.17, 15) is 8.42 Å². The van der Waals surface area contributed by atoms with Gasteiger partial charge in [0, 0.05) is 42.0 Å². The summed E-state index contributed by atoms with van der Waals surface area (Å²) in [6, 6.07) is 6.86. The highest BCUT2D eigenvalue weighted by molar-refractivity contribution is 7.90. The number of anilines is 1. The molecule has 9 nitrogen and oxygen atoms in total. The van der Waals surface area contributed by atoms with E-state index in [2.05, 4.69) is 19.5 Å². The summed E-state index contributed by atoms with van der Waals surface area (Å²) in [5.41, 5.74) is 0.713. The maximum atomic E-state index is 11.6. The van der Waals surface area contributed by atoms with Gasteiger partial charge in [0.25, 0.3) is 5.19 Å². The number of aromatic nitrogens is 4. The van der Waals surface area contributed by atoms with Crippen LogP contribution in [-0.2, 0) is 9.84 Å². The van der Waals surface area contributed by atoms with Crippen molar-refractivity contribution in [3.63, 3.8) is 0 Å². The SMILES string of the molecule is CC(C)c1noc(N2C=CC(Oc3nc(-c4ccc(S(C)(=O)=O)cc4)ns3)=CC2)n1. The van der Waals surface area contributed by atoms with Gasteiger partial charge in [-0.1, -0.05) is 19.0 Å². The van der Waals surface area contributed by atoms with Crippen molar-refractivity contribution in [1.82, 2.24) is 19.5 Å². The maximum Gasteiger partial charge on any atom is 0.328 e. The molecule has 30 heavy (non-hydrogen) atoms. The van der Waals surface area contributed by atoms with E-state index in [1.54, 1.807) is 24.4 Å². The highest BCUT2D eigenvalue weighted by Crippen LogP contribution is 2.26. The molecule has 0 saturated heterocycles. The lowest BCUT2D eigenvalue weighted by molar-refractivity contribution is 0.408. The van der Waals surface area contributed by atoms with Crippen LogP contribution in [-0.4, -0.2) is 40.7 Å². The van der Waals surface area contributed by atoms with Gasteiger partial charge in [0.1, 0.15) is 5.76 Å². The number of ether oxygens (including phenoxy) is 1. The van der Waals surface area contributed by atoms with Gasteiger partial charge in [0.05, 0.1) is 4.90 Å². The van der Waals surface area contributed by atoms with Gasteiger partial charge in [-0.15, -0.1) is 0 Å². The normalized spacial score (nSPS) is 14.3. The molecular formula is C19H19N5O4S2. The Hall–Kier alpha value is -3.05. The average Bonchev–Trinajstić information content (AvgIpc) is 3.38. The Morgan fingerprint density at radius 1 is 1.20 bits per heavy atom. The number of nitrogens with zero attached hydrogens (tertiary/aromatic N) is 5. The molecule has 3 aromatic rings. The fraction of sp³-hybridized carbons (Fsp3) is 0.263. The minimum atomic E-state index is -3.24. The Bertz CT molecular complexity index is 1210. The number of allylic oxidation sites excluding steroid dienone is 1. The molecule has 11 heteroatoms. The van der Waals surface area contributed by atoms with E-state index >= 15 is 0 Å². The first-order valence-corrected chi connectivity index (χ1v) is 11.8. The minimum Gasteiger partial charge on any atom is -0.430 e. The number of sulfone groups is 1. The van der Waals surface area contributed by atoms with Crippen LogP contribution in [0.25, 0.3) is 11.4 Å². The third-order valence-electron chi connectivity index (χ3n) is 4.25. The predicted octanol–water partition coefficient (Wildman–Crippen LogP) is 3.41. The second kappa shape index (κ2) is 8.00. The first kappa shape index (κ1) is 20.2. The third-order valence-corrected chi connectivity index (χ3v) is 5.98. The maximum absolute atomic E-state index is 11.6. The molecule has 0 N–H and O–H groups in total. The topological polar surface area (TPSA) is 111 Å². The molecule has 0 unspecified atom stereocenters. The van der Waals surface area contributed by atoms with Crippen LogP contribution in [0.5, 0.6) is 5.19 Å². The molecule has 0 spiro atoms. The summed E-state index contributed by atoms with van der Waals surface area (Å²) in [5.74, 6) is 1.96. The standard InChI is InChI=1S/C19H19N5O4S2/c1-12(2)16-20-18(28-22-16)24-10-8-14(9-11-24)27-19-21-17(23-29-19)13-4-6-15(7-5-13)30(3,25)26/h4-10,12H,11H2,1-3H3. The fourth-order valence-electron chi connectivity index (χ4n) is 2.60. The van der Waals surface area contributed by atoms with Crippen molar-refractivity contribution in [3.8, 4) is 16.6 Å². The van der Waals surface area contributed by atoms with Gasteiger partial charge < -0.3 is 9.26 Å². The smallest absolute Gasteiger partial charge is 0.328 e. The lowest BCUT2D eigenvalue weighted by Crippen LogP contribution is -2.20. The van der Waals surface area contributed by atoms with Gasteiger partial charge in [-0.2, -0.15) is 14.3 Å². The number of hydrogen-bond donors (Lipinski definition) is 0. The Labute approximate surface area is 177 Å². The van der Waals surface area contributed by atoms with Gasteiger partial charge >= 0.3 is 6.01 Å². The van der Waals surface area contributed by atoms with Crippen molar-refractivity contribution < 1.29 is 17.7 Å². The Kier molecular flexibility index (Phi) is 5.39. The zero-order chi connectivity index (χ0) is 21.3. The first-order valence-electron chi connectivity index (χ1n) is 9.10. The minimum absolute atomic E-state index is 0.194. The number of hydrogen-bond acceptors (Lipinski definition) is 10. The first-order chi connectivity index (χ1) is 14.3. The van der Waals surface area contributed by atoms with E-state index in [0.717, 1.165) is 11.5 Å². The van der Waals surface area contributed by atoms with Crippen LogP contribution < -0.4 is 9.64 Å². The molecule has 0 aliphatic carbocycles. The molecule has 1 aliphatic heterocycles. The summed E-state index contributed by atoms with van der Waals surface area (Å²) >= 11 is 1.12. The second-order valence-corrected chi connectivity index (χ2v) is 9.68. The Balaban J connectivity index is 1.41. The van der Waals surface area contributed by atoms with Crippen LogP contribution in [0.4, 0.5) is 6.01 Å². The monoisotopic (exact) mass is 445 g/mol. The summed E-state index contributed by atoms with van der Waals surface area (Å²) in [6.07, 6.45) is 6.63. The lowest BCUT2D eigenvalue weighted by Gasteiger charge is -2.17. The van der Waals surface area contributed by atoms with Gasteiger partial charge in [0.2, 0.25) is 0 Å². The van der Waals surface area contributed by atoms with Crippen LogP contribution >= 0.6 is 11.5 Å². The predicted molar refractivity (Wildman–Crippen MR) is 112 cm³/mol. The van der Waals surface area contributed by atoms with Gasteiger partial charge in [-0.05, 0) is 36.4 Å². The van der Waals surface area contributed by atoms with Crippen molar-refractivity contribution >= 4 is 27.4 Å². The van der Waals surface area contributed by atoms with E-state index in [4.69, 9.17) is 9.26 Å². The van der Waals surface area contributed by atoms with Crippen LogP contribution in [0.1, 0.15) is 25.6 Å². The molecule has 0 radical (unpaired) electrons. The average molecular weight is 446 g/mol. The quantitative estimate of drug-likeness (QED) is 0.563. The van der Waals surface area contributed by atoms with Gasteiger partial charge in [-0.3, -0.25) is 4.90 Å². The molecule has 0 bridgehead atoms. The second-order valence-electron chi connectivity index (χ2n) is 6.95. The lowest BCUT2D eigenvalue weighted by atomic mass is 10.2. The molecule has 1 aliphatic rings. The number of rotatable bonds is 6. The van der Waals surface area contributed by atoms with Gasteiger partial charge in [-0.25, -0.2) is 8.42 Å². The zero-order valence-corrected chi connectivity index (χ0v) is 18.1. The summed E-state index contributed by atoms with van der Waals surface area (Å²) in [5, 5.41) is 4.35. The molecule has 1 aromatic carbocycles. The highest BCUT2D eigenvalue weighted by atomic mass is 32.2. The molecular weight excluding hydrogens is 426 g/mol. The van der Waals surface area contributed by atoms with E-state index < -0.39 is 9.84 Å². The van der Waals surface area contributed by atoms with Crippen LogP contribution in [0.2, 0.25) is 0 Å². The van der Waals surface area contributed by atoms with Crippen molar-refractivity contribution in [1.29, 1.82) is 0 Å². The molecule has 0 saturated carbocycles. The number of benzene rings is 1. The Morgan fingerprint density at radius 2 is 1.97 bits per heavy atom. The van der Waals surface area contributed by atoms with Crippen molar-refractivity contribution in [2.24, 2.45) is 0 Å². The summed E-state index contributed by atoms with van der Waals surface area (Å²) in [6.45, 7) is 4.52. The van der Waals surface area contributed by atoms with E-state index in [1.165, 1.54) is 18.4 Å². The van der Waals surface area contributed by atoms with E-state index in [-0.39, 0.29) is 10.8 Å². The van der Waals surface area contributed by atoms with Crippen molar-refractivity contribution in [3.05, 3.63) is 54.2 Å². The molecule has 3 heterocycles. The van der Waals surface area contributed by atoms with Crippen molar-refractivity contribution in [2.45, 2.75) is 24.7 Å². The fourth-order valence-corrected chi connectivity index (χ4v) is 3.80. The summed E-state index contributed by atoms with van der Waals surface area (Å²) in [4.78, 5) is 10.8. The largest absolute Gasteiger partial charge is 0.430 e. The summed E-state index contributed by atoms with van der Waals surface area (Å²) < 4.78 is 38.5. The molecule has 4 rings (SSSR count). The molecule has 0 amide bonds. The van der Waals surface area contributed by atoms with Crippen LogP contribution in [0.15, 0.2) is 57.8 Å². The van der Waals surface area contributed by atoms with E-state index in [1.807, 2.05) is 24.8 Å². The molecule has 0 fully saturated rings. The van der Waals surface area contributed by atoms with Crippen molar-refractivity contribution in [2.75, 3.05) is 17.7 Å². The van der Waals surface area contributed by atoms with Crippen LogP contribution in [0.3, 0.4) is 0 Å². The Morgan fingerprint density at radius 3 is 2.57 bits per heavy atom. The highest BCUT2D eigenvalue weighted by Gasteiger charge is 2.17. The molecule has 156 valence electrons. The molecule has 0 atom stereocenters. The molecule has 2 aromatic heterocycles. The van der Waals surface area contributed by atoms with Gasteiger partial charge in [0.15, 0.2) is 21.5 Å². The summed E-state index contributed by atoms with van der Waals surface area (Å²) in [7, 11) is -3.24. The van der Waals surface area contributed by atoms with E-state index in [0.29, 0.717) is 40.7 Å². The van der Waals surface area contributed by atoms with Crippen LogP contribution in [0, 0.1) is 0 Å². The third kappa shape index (κ3) is 4.41. The zero-order valence-electron chi connectivity index (χ0n) is 16.5.